The van der Waals surface area contributed by atoms with Gasteiger partial charge in [0, 0.05) is 40.1 Å². The Hall–Kier alpha value is -7.99. The van der Waals surface area contributed by atoms with E-state index in [0.29, 0.717) is 69.9 Å². The molecule has 0 aliphatic rings. The van der Waals surface area contributed by atoms with Crippen LogP contribution in [0.1, 0.15) is 68.3 Å². The fourth-order valence-corrected chi connectivity index (χ4v) is 5.53. The quantitative estimate of drug-likeness (QED) is 0.0377. The molecule has 0 radical (unpaired) electrons. The van der Waals surface area contributed by atoms with Crippen LogP contribution in [0.15, 0.2) is 140 Å². The molecule has 0 saturated carbocycles. The number of rotatable bonds is 13. The highest BCUT2D eigenvalue weighted by Crippen LogP contribution is 2.30. The molecule has 8 nitrogen and oxygen atoms in total. The lowest BCUT2D eigenvalue weighted by Crippen LogP contribution is -2.10. The summed E-state index contributed by atoms with van der Waals surface area (Å²) in [5, 5.41) is 1.35. The molecular weight excluding hydrogens is 741 g/mol. The molecule has 0 aliphatic heterocycles. The smallest absolute Gasteiger partial charge is 0.343 e. The molecule has 0 unspecified atom stereocenters. The molecular formula is C51H38O8. The Kier molecular flexibility index (Phi) is 14.0. The first-order chi connectivity index (χ1) is 28.8. The lowest BCUT2D eigenvalue weighted by atomic mass is 10.0. The average Bonchev–Trinajstić information content (AvgIpc) is 3.27. The maximum absolute atomic E-state index is 13.4. The van der Waals surface area contributed by atoms with Gasteiger partial charge in [0.2, 0.25) is 0 Å². The van der Waals surface area contributed by atoms with Crippen LogP contribution in [-0.2, 0) is 9.53 Å². The van der Waals surface area contributed by atoms with E-state index >= 15 is 0 Å². The minimum atomic E-state index is -0.599. The predicted molar refractivity (Wildman–Crippen MR) is 227 cm³/mol. The summed E-state index contributed by atoms with van der Waals surface area (Å²) in [6.45, 7) is 6.50. The lowest BCUT2D eigenvalue weighted by Gasteiger charge is -2.12. The standard InChI is InChI=1S/C51H38O8/c1-4-32-55-44-25-27-45(28-26-44)58-51(54)42-21-30-46-41(35-42)22-31-48(59-50(53)40-19-23-43(24-20-40)56-33-7-34-57-49(52)6-3)47(46)29-18-39-16-14-38(15-17-39)13-12-37-10-8-36(5-2)9-11-37/h2,6,8-11,14-17,19-28,30-31,35H,3-4,7,32-34H2,1H3. The fourth-order valence-electron chi connectivity index (χ4n) is 5.53. The van der Waals surface area contributed by atoms with Gasteiger partial charge < -0.3 is 23.7 Å². The molecule has 0 aliphatic carbocycles. The van der Waals surface area contributed by atoms with Crippen molar-refractivity contribution in [2.24, 2.45) is 0 Å². The van der Waals surface area contributed by atoms with Crippen LogP contribution < -0.4 is 18.9 Å². The van der Waals surface area contributed by atoms with Crippen LogP contribution in [0.2, 0.25) is 0 Å². The second kappa shape index (κ2) is 20.3. The minimum Gasteiger partial charge on any atom is -0.494 e. The Morgan fingerprint density at radius 1 is 0.593 bits per heavy atom. The molecule has 0 amide bonds. The Balaban J connectivity index is 1.22. The Bertz CT molecular complexity index is 2630. The van der Waals surface area contributed by atoms with E-state index in [4.69, 9.17) is 30.1 Å². The molecule has 0 atom stereocenters. The highest BCUT2D eigenvalue weighted by Gasteiger charge is 2.16. The van der Waals surface area contributed by atoms with Crippen molar-refractivity contribution < 1.29 is 38.1 Å². The molecule has 8 heteroatoms. The van der Waals surface area contributed by atoms with Gasteiger partial charge >= 0.3 is 17.9 Å². The number of terminal acetylenes is 1. The van der Waals surface area contributed by atoms with Gasteiger partial charge in [-0.3, -0.25) is 0 Å². The van der Waals surface area contributed by atoms with E-state index in [-0.39, 0.29) is 12.4 Å². The lowest BCUT2D eigenvalue weighted by molar-refractivity contribution is -0.137. The molecule has 6 aromatic carbocycles. The van der Waals surface area contributed by atoms with E-state index in [2.05, 4.69) is 36.2 Å². The van der Waals surface area contributed by atoms with Gasteiger partial charge in [0.05, 0.1) is 36.5 Å². The molecule has 0 saturated heterocycles. The van der Waals surface area contributed by atoms with Gasteiger partial charge in [-0.05, 0) is 127 Å². The summed E-state index contributed by atoms with van der Waals surface area (Å²) in [6, 6.07) is 36.9. The van der Waals surface area contributed by atoms with Gasteiger partial charge in [0.1, 0.15) is 23.0 Å². The molecule has 0 N–H and O–H groups in total. The average molecular weight is 779 g/mol. The molecule has 0 spiro atoms. The molecule has 6 rings (SSSR count). The van der Waals surface area contributed by atoms with Crippen molar-refractivity contribution in [1.29, 1.82) is 0 Å². The van der Waals surface area contributed by atoms with E-state index in [1.165, 1.54) is 0 Å². The van der Waals surface area contributed by atoms with Crippen molar-refractivity contribution >= 4 is 28.7 Å². The first kappa shape index (κ1) is 40.7. The number of hydrogen-bond donors (Lipinski definition) is 0. The summed E-state index contributed by atoms with van der Waals surface area (Å²) < 4.78 is 27.9. The monoisotopic (exact) mass is 778 g/mol. The van der Waals surface area contributed by atoms with E-state index in [9.17, 15) is 14.4 Å². The fraction of sp³-hybridized carbons (Fsp3) is 0.118. The Morgan fingerprint density at radius 2 is 1.14 bits per heavy atom. The third-order valence-corrected chi connectivity index (χ3v) is 8.60. The van der Waals surface area contributed by atoms with Gasteiger partial charge in [-0.15, -0.1) is 6.42 Å². The van der Waals surface area contributed by atoms with Crippen LogP contribution in [0.25, 0.3) is 10.8 Å². The zero-order chi connectivity index (χ0) is 41.4. The van der Waals surface area contributed by atoms with Gasteiger partial charge in [-0.1, -0.05) is 55.2 Å². The first-order valence-corrected chi connectivity index (χ1v) is 18.8. The predicted octanol–water partition coefficient (Wildman–Crippen LogP) is 9.35. The first-order valence-electron chi connectivity index (χ1n) is 18.8. The van der Waals surface area contributed by atoms with Crippen molar-refractivity contribution in [2.75, 3.05) is 19.8 Å². The zero-order valence-electron chi connectivity index (χ0n) is 32.3. The van der Waals surface area contributed by atoms with Crippen LogP contribution in [0.5, 0.6) is 23.0 Å². The van der Waals surface area contributed by atoms with E-state index in [1.54, 1.807) is 78.9 Å². The SMILES string of the molecule is C#Cc1ccc(C#Cc2ccc(C#Cc3c(OC(=O)c4ccc(OCCCOC(=O)C=C)cc4)ccc4cc(C(=O)Oc5ccc(OCCC)cc5)ccc34)cc2)cc1. The summed E-state index contributed by atoms with van der Waals surface area (Å²) in [6.07, 6.45) is 7.93. The number of carbonyl (C=O) groups excluding carboxylic acids is 3. The number of fused-ring (bicyclic) bond motifs is 1. The summed E-state index contributed by atoms with van der Waals surface area (Å²) >= 11 is 0. The van der Waals surface area contributed by atoms with E-state index in [0.717, 1.165) is 29.2 Å². The second-order valence-corrected chi connectivity index (χ2v) is 12.9. The zero-order valence-corrected chi connectivity index (χ0v) is 32.3. The van der Waals surface area contributed by atoms with Crippen LogP contribution in [0, 0.1) is 36.0 Å². The highest BCUT2D eigenvalue weighted by molar-refractivity contribution is 6.00. The minimum absolute atomic E-state index is 0.200. The molecule has 0 aromatic heterocycles. The van der Waals surface area contributed by atoms with E-state index < -0.39 is 17.9 Å². The van der Waals surface area contributed by atoms with Crippen LogP contribution in [-0.4, -0.2) is 37.7 Å². The molecule has 0 fully saturated rings. The summed E-state index contributed by atoms with van der Waals surface area (Å²) in [7, 11) is 0. The maximum Gasteiger partial charge on any atom is 0.343 e. The van der Waals surface area contributed by atoms with Crippen molar-refractivity contribution in [3.63, 3.8) is 0 Å². The van der Waals surface area contributed by atoms with Crippen LogP contribution in [0.3, 0.4) is 0 Å². The highest BCUT2D eigenvalue weighted by atomic mass is 16.5. The van der Waals surface area contributed by atoms with Gasteiger partial charge in [-0.25, -0.2) is 14.4 Å². The molecule has 0 heterocycles. The van der Waals surface area contributed by atoms with Crippen molar-refractivity contribution in [3.8, 4) is 59.0 Å². The number of carbonyl (C=O) groups is 3. The van der Waals surface area contributed by atoms with Crippen molar-refractivity contribution in [3.05, 3.63) is 179 Å². The number of ether oxygens (including phenoxy) is 5. The number of benzene rings is 6. The molecule has 290 valence electrons. The third-order valence-electron chi connectivity index (χ3n) is 8.60. The maximum atomic E-state index is 13.4. The van der Waals surface area contributed by atoms with E-state index in [1.807, 2.05) is 55.5 Å². The second-order valence-electron chi connectivity index (χ2n) is 12.9. The van der Waals surface area contributed by atoms with Gasteiger partial charge in [-0.2, -0.15) is 0 Å². The summed E-state index contributed by atoms with van der Waals surface area (Å²) in [4.78, 5) is 37.9. The largest absolute Gasteiger partial charge is 0.494 e. The summed E-state index contributed by atoms with van der Waals surface area (Å²) in [5.41, 5.74) is 4.24. The molecule has 6 aromatic rings. The number of esters is 3. The molecule has 59 heavy (non-hydrogen) atoms. The van der Waals surface area contributed by atoms with Crippen LogP contribution >= 0.6 is 0 Å². The topological polar surface area (TPSA) is 97.4 Å². The van der Waals surface area contributed by atoms with Crippen molar-refractivity contribution in [1.82, 2.24) is 0 Å². The normalized spacial score (nSPS) is 10.1. The van der Waals surface area contributed by atoms with Crippen LogP contribution in [0.4, 0.5) is 0 Å². The summed E-state index contributed by atoms with van der Waals surface area (Å²) in [5.74, 6) is 15.5. The third kappa shape index (κ3) is 11.5. The van der Waals surface area contributed by atoms with Gasteiger partial charge in [0.25, 0.3) is 0 Å². The molecule has 0 bridgehead atoms. The number of hydrogen-bond acceptors (Lipinski definition) is 8. The Labute approximate surface area is 343 Å². The van der Waals surface area contributed by atoms with Crippen molar-refractivity contribution in [2.45, 2.75) is 19.8 Å². The van der Waals surface area contributed by atoms with Gasteiger partial charge in [0.15, 0.2) is 0 Å². The Morgan fingerprint density at radius 3 is 1.75 bits per heavy atom.